The van der Waals surface area contributed by atoms with Gasteiger partial charge in [-0.05, 0) is 43.9 Å². The van der Waals surface area contributed by atoms with Gasteiger partial charge in [0.15, 0.2) is 0 Å². The van der Waals surface area contributed by atoms with Crippen molar-refractivity contribution in [3.63, 3.8) is 0 Å². The number of hydrogen-bond acceptors (Lipinski definition) is 3. The van der Waals surface area contributed by atoms with E-state index < -0.39 is 5.91 Å². The second kappa shape index (κ2) is 6.37. The fraction of sp³-hybridized carbons (Fsp3) is 0.368. The molecule has 2 aromatic heterocycles. The minimum absolute atomic E-state index is 0.349. The van der Waals surface area contributed by atoms with E-state index in [9.17, 15) is 4.79 Å². The van der Waals surface area contributed by atoms with E-state index in [1.807, 2.05) is 16.8 Å². The van der Waals surface area contributed by atoms with Crippen LogP contribution in [-0.2, 0) is 4.74 Å². The second-order valence-electron chi connectivity index (χ2n) is 6.65. The van der Waals surface area contributed by atoms with E-state index >= 15 is 0 Å². The van der Waals surface area contributed by atoms with Crippen LogP contribution in [0.15, 0.2) is 43.1 Å². The Morgan fingerprint density at radius 1 is 1.24 bits per heavy atom. The van der Waals surface area contributed by atoms with Gasteiger partial charge in [0.05, 0.1) is 23.5 Å². The van der Waals surface area contributed by atoms with E-state index in [0.717, 1.165) is 42.3 Å². The number of benzene rings is 1. The Hall–Kier alpha value is -2.60. The van der Waals surface area contributed by atoms with Crippen molar-refractivity contribution in [1.82, 2.24) is 14.1 Å². The van der Waals surface area contributed by atoms with Crippen molar-refractivity contribution in [3.8, 4) is 5.69 Å². The van der Waals surface area contributed by atoms with E-state index in [1.54, 1.807) is 19.6 Å². The Kier molecular flexibility index (Phi) is 4.05. The highest BCUT2D eigenvalue weighted by Gasteiger charge is 2.24. The van der Waals surface area contributed by atoms with Crippen molar-refractivity contribution >= 4 is 16.8 Å². The number of rotatable bonds is 4. The topological polar surface area (TPSA) is 75.1 Å². The zero-order valence-corrected chi connectivity index (χ0v) is 14.3. The van der Waals surface area contributed by atoms with Crippen LogP contribution < -0.4 is 5.73 Å². The lowest BCUT2D eigenvalue weighted by atomic mass is 9.92. The molecule has 1 fully saturated rings. The number of carbonyl (C=O) groups is 1. The summed E-state index contributed by atoms with van der Waals surface area (Å²) in [5, 5.41) is 1.02. The summed E-state index contributed by atoms with van der Waals surface area (Å²) in [6, 6.07) is 6.36. The number of nitrogens with two attached hydrogens (primary N) is 1. The van der Waals surface area contributed by atoms with E-state index in [1.165, 1.54) is 0 Å². The highest BCUT2D eigenvalue weighted by atomic mass is 16.5. The smallest absolute Gasteiger partial charge is 0.250 e. The molecule has 0 bridgehead atoms. The van der Waals surface area contributed by atoms with Crippen molar-refractivity contribution in [3.05, 3.63) is 48.7 Å². The van der Waals surface area contributed by atoms with Crippen molar-refractivity contribution < 1.29 is 9.53 Å². The van der Waals surface area contributed by atoms with Crippen LogP contribution >= 0.6 is 0 Å². The van der Waals surface area contributed by atoms with Crippen LogP contribution in [-0.4, -0.2) is 33.2 Å². The summed E-state index contributed by atoms with van der Waals surface area (Å²) >= 11 is 0. The van der Waals surface area contributed by atoms with Gasteiger partial charge in [-0.25, -0.2) is 4.98 Å². The lowest BCUT2D eigenvalue weighted by Crippen LogP contribution is -2.23. The predicted octanol–water partition coefficient (Wildman–Crippen LogP) is 3.06. The van der Waals surface area contributed by atoms with Gasteiger partial charge in [-0.2, -0.15) is 0 Å². The van der Waals surface area contributed by atoms with Gasteiger partial charge in [0.1, 0.15) is 0 Å². The number of ether oxygens (including phenoxy) is 1. The maximum absolute atomic E-state index is 12.1. The van der Waals surface area contributed by atoms with Crippen molar-refractivity contribution in [2.75, 3.05) is 7.11 Å². The molecule has 2 heterocycles. The fourth-order valence-electron chi connectivity index (χ4n) is 3.90. The first-order chi connectivity index (χ1) is 12.2. The van der Waals surface area contributed by atoms with Crippen LogP contribution in [0.1, 0.15) is 42.1 Å². The first-order valence-corrected chi connectivity index (χ1v) is 8.63. The minimum atomic E-state index is -0.405. The number of imidazole rings is 1. The van der Waals surface area contributed by atoms with E-state index in [-0.39, 0.29) is 0 Å². The Labute approximate surface area is 146 Å². The van der Waals surface area contributed by atoms with Gasteiger partial charge >= 0.3 is 0 Å². The molecule has 1 amide bonds. The van der Waals surface area contributed by atoms with Gasteiger partial charge in [0.25, 0.3) is 5.91 Å². The standard InChI is InChI=1S/C19H22N4O2/c1-25-16-4-2-14(3-5-16)23-8-6-13-10-15(22-9-7-21-12-22)11-17(18(13)23)19(20)24/h6-12,14,16H,2-5H2,1H3,(H2,20,24). The maximum atomic E-state index is 12.1. The monoisotopic (exact) mass is 338 g/mol. The lowest BCUT2D eigenvalue weighted by Gasteiger charge is -2.29. The average molecular weight is 338 g/mol. The molecule has 3 aromatic rings. The molecule has 6 nitrogen and oxygen atoms in total. The molecule has 1 saturated carbocycles. The highest BCUT2D eigenvalue weighted by molar-refractivity contribution is 6.06. The summed E-state index contributed by atoms with van der Waals surface area (Å²) < 4.78 is 9.57. The number of methoxy groups -OCH3 is 1. The van der Waals surface area contributed by atoms with Crippen molar-refractivity contribution in [1.29, 1.82) is 0 Å². The molecule has 130 valence electrons. The predicted molar refractivity (Wildman–Crippen MR) is 95.9 cm³/mol. The molecule has 0 radical (unpaired) electrons. The molecule has 0 spiro atoms. The summed E-state index contributed by atoms with van der Waals surface area (Å²) in [6.45, 7) is 0. The third-order valence-electron chi connectivity index (χ3n) is 5.24. The number of carbonyl (C=O) groups excluding carboxylic acids is 1. The van der Waals surface area contributed by atoms with Crippen LogP contribution in [0.5, 0.6) is 0 Å². The summed E-state index contributed by atoms with van der Waals surface area (Å²) in [5.41, 5.74) is 8.08. The number of amides is 1. The fourth-order valence-corrected chi connectivity index (χ4v) is 3.90. The number of aromatic nitrogens is 3. The van der Waals surface area contributed by atoms with E-state index in [0.29, 0.717) is 17.7 Å². The van der Waals surface area contributed by atoms with E-state index in [2.05, 4.69) is 27.9 Å². The maximum Gasteiger partial charge on any atom is 0.250 e. The largest absolute Gasteiger partial charge is 0.381 e. The zero-order chi connectivity index (χ0) is 17.4. The van der Waals surface area contributed by atoms with Crippen LogP contribution in [0.3, 0.4) is 0 Å². The molecule has 0 saturated heterocycles. The Morgan fingerprint density at radius 3 is 2.68 bits per heavy atom. The molecule has 1 aliphatic rings. The lowest BCUT2D eigenvalue weighted by molar-refractivity contribution is 0.0589. The molecule has 4 rings (SSSR count). The molecular formula is C19H22N4O2. The summed E-state index contributed by atoms with van der Waals surface area (Å²) in [5.74, 6) is -0.405. The summed E-state index contributed by atoms with van der Waals surface area (Å²) in [7, 11) is 1.78. The SMILES string of the molecule is COC1CCC(n2ccc3cc(-n4ccnc4)cc(C(N)=O)c32)CC1. The molecule has 25 heavy (non-hydrogen) atoms. The number of fused-ring (bicyclic) bond motifs is 1. The van der Waals surface area contributed by atoms with Gasteiger partial charge in [-0.3, -0.25) is 4.79 Å². The molecule has 2 N–H and O–H groups in total. The van der Waals surface area contributed by atoms with Gasteiger partial charge in [-0.15, -0.1) is 0 Å². The van der Waals surface area contributed by atoms with Gasteiger partial charge < -0.3 is 19.6 Å². The Balaban J connectivity index is 1.78. The molecule has 0 unspecified atom stereocenters. The second-order valence-corrected chi connectivity index (χ2v) is 6.65. The highest BCUT2D eigenvalue weighted by Crippen LogP contribution is 2.34. The summed E-state index contributed by atoms with van der Waals surface area (Å²) in [4.78, 5) is 16.2. The van der Waals surface area contributed by atoms with Crippen LogP contribution in [0.2, 0.25) is 0 Å². The molecule has 0 aliphatic heterocycles. The Morgan fingerprint density at radius 2 is 2.04 bits per heavy atom. The molecule has 0 atom stereocenters. The number of nitrogens with zero attached hydrogens (tertiary/aromatic N) is 3. The molecule has 1 aromatic carbocycles. The van der Waals surface area contributed by atoms with Crippen molar-refractivity contribution in [2.24, 2.45) is 5.73 Å². The van der Waals surface area contributed by atoms with Crippen LogP contribution in [0.25, 0.3) is 16.6 Å². The number of primary amides is 1. The van der Waals surface area contributed by atoms with Crippen LogP contribution in [0, 0.1) is 0 Å². The molecule has 6 heteroatoms. The zero-order valence-electron chi connectivity index (χ0n) is 14.3. The minimum Gasteiger partial charge on any atom is -0.381 e. The first kappa shape index (κ1) is 15.9. The summed E-state index contributed by atoms with van der Waals surface area (Å²) in [6.07, 6.45) is 11.9. The third-order valence-corrected chi connectivity index (χ3v) is 5.24. The molecular weight excluding hydrogens is 316 g/mol. The normalized spacial score (nSPS) is 20.8. The van der Waals surface area contributed by atoms with Crippen molar-refractivity contribution in [2.45, 2.75) is 37.8 Å². The van der Waals surface area contributed by atoms with Gasteiger partial charge in [0, 0.05) is 42.8 Å². The first-order valence-electron chi connectivity index (χ1n) is 8.63. The van der Waals surface area contributed by atoms with E-state index in [4.69, 9.17) is 10.5 Å². The average Bonchev–Trinajstić information content (AvgIpc) is 3.30. The quantitative estimate of drug-likeness (QED) is 0.794. The van der Waals surface area contributed by atoms with Gasteiger partial charge in [0.2, 0.25) is 0 Å². The van der Waals surface area contributed by atoms with Crippen LogP contribution in [0.4, 0.5) is 0 Å². The van der Waals surface area contributed by atoms with Gasteiger partial charge in [-0.1, -0.05) is 0 Å². The third kappa shape index (κ3) is 2.82. The molecule has 1 aliphatic carbocycles. The number of hydrogen-bond donors (Lipinski definition) is 1. The Bertz CT molecular complexity index is 890.